The van der Waals surface area contributed by atoms with Gasteiger partial charge in [0.1, 0.15) is 18.2 Å². The van der Waals surface area contributed by atoms with Crippen molar-refractivity contribution in [1.82, 2.24) is 19.8 Å². The van der Waals surface area contributed by atoms with E-state index in [0.717, 1.165) is 11.9 Å². The Morgan fingerprint density at radius 1 is 1.02 bits per heavy atom. The highest BCUT2D eigenvalue weighted by atomic mass is 19.1. The van der Waals surface area contributed by atoms with Crippen LogP contribution < -0.4 is 19.7 Å². The predicted molar refractivity (Wildman–Crippen MR) is 149 cm³/mol. The summed E-state index contributed by atoms with van der Waals surface area (Å²) in [7, 11) is 5.30. The van der Waals surface area contributed by atoms with Crippen LogP contribution in [0.1, 0.15) is 0 Å². The summed E-state index contributed by atoms with van der Waals surface area (Å²) < 4.78 is 49.9. The Balaban J connectivity index is 1.90. The third-order valence-corrected chi connectivity index (χ3v) is 6.74. The van der Waals surface area contributed by atoms with Crippen molar-refractivity contribution in [2.75, 3.05) is 64.8 Å². The van der Waals surface area contributed by atoms with Crippen LogP contribution >= 0.6 is 0 Å². The van der Waals surface area contributed by atoms with Crippen LogP contribution in [0.2, 0.25) is 0 Å². The minimum Gasteiger partial charge on any atom is -0.490 e. The zero-order valence-electron chi connectivity index (χ0n) is 23.6. The summed E-state index contributed by atoms with van der Waals surface area (Å²) >= 11 is 0. The van der Waals surface area contributed by atoms with Crippen molar-refractivity contribution in [2.24, 2.45) is 0 Å². The number of carbonyl (C=O) groups excluding carboxylic acids is 2. The maximum absolute atomic E-state index is 13.8. The normalized spacial score (nSPS) is 13.7. The summed E-state index contributed by atoms with van der Waals surface area (Å²) in [5, 5.41) is 3.19. The molecule has 2 amide bonds. The number of halogens is 2. The van der Waals surface area contributed by atoms with E-state index < -0.39 is 35.7 Å². The fourth-order valence-electron chi connectivity index (χ4n) is 4.88. The summed E-state index contributed by atoms with van der Waals surface area (Å²) in [6.45, 7) is 0.725. The lowest BCUT2D eigenvalue weighted by atomic mass is 9.95. The molecule has 3 aromatic rings. The average Bonchev–Trinajstić information content (AvgIpc) is 3.01. The van der Waals surface area contributed by atoms with E-state index in [-0.39, 0.29) is 19.0 Å². The molecule has 0 bridgehead atoms. The van der Waals surface area contributed by atoms with Crippen molar-refractivity contribution in [3.05, 3.63) is 72.7 Å². The summed E-state index contributed by atoms with van der Waals surface area (Å²) in [5.41, 5.74) is -0.401. The molecule has 42 heavy (non-hydrogen) atoms. The van der Waals surface area contributed by atoms with Gasteiger partial charge in [-0.1, -0.05) is 12.1 Å². The highest BCUT2D eigenvalue weighted by Gasteiger charge is 2.51. The van der Waals surface area contributed by atoms with Crippen LogP contribution in [0.5, 0.6) is 11.6 Å². The van der Waals surface area contributed by atoms with E-state index in [1.807, 2.05) is 29.2 Å². The smallest absolute Gasteiger partial charge is 0.411 e. The molecule has 0 saturated heterocycles. The molecular weight excluding hydrogens is 554 g/mol. The average molecular weight is 587 g/mol. The molecule has 0 fully saturated rings. The first kappa shape index (κ1) is 30.1. The molecule has 0 saturated carbocycles. The van der Waals surface area contributed by atoms with Crippen molar-refractivity contribution < 1.29 is 37.3 Å². The number of rotatable bonds is 10. The van der Waals surface area contributed by atoms with Crippen LogP contribution in [0, 0.1) is 11.8 Å². The third kappa shape index (κ3) is 6.70. The quantitative estimate of drug-likeness (QED) is 0.279. The zero-order valence-corrected chi connectivity index (χ0v) is 23.6. The molecule has 0 aliphatic carbocycles. The summed E-state index contributed by atoms with van der Waals surface area (Å²) in [5.74, 6) is -0.608. The molecule has 14 heteroatoms. The van der Waals surface area contributed by atoms with E-state index in [1.165, 1.54) is 68.6 Å². The van der Waals surface area contributed by atoms with Gasteiger partial charge in [0.05, 0.1) is 57.6 Å². The summed E-state index contributed by atoms with van der Waals surface area (Å²) in [6, 6.07) is 12.6. The largest absolute Gasteiger partial charge is 0.490 e. The van der Waals surface area contributed by atoms with Crippen molar-refractivity contribution in [2.45, 2.75) is 11.8 Å². The highest BCUT2D eigenvalue weighted by molar-refractivity contribution is 5.71. The number of ether oxygens (including phenoxy) is 4. The predicted octanol–water partition coefficient (Wildman–Crippen LogP) is 3.61. The fraction of sp³-hybridized carbons (Fsp3) is 0.357. The van der Waals surface area contributed by atoms with Gasteiger partial charge in [0.15, 0.2) is 11.8 Å². The number of hydrogen-bond donors (Lipinski definition) is 1. The second-order valence-corrected chi connectivity index (χ2v) is 9.48. The number of nitrogens with one attached hydrogen (secondary N) is 1. The number of hydrogen-bond acceptors (Lipinski definition) is 10. The van der Waals surface area contributed by atoms with Gasteiger partial charge in [-0.3, -0.25) is 9.80 Å². The maximum Gasteiger partial charge on any atom is 0.411 e. The number of likely N-dealkylation sites (N-methyl/N-ethyl adjacent to an activating group) is 2. The van der Waals surface area contributed by atoms with Crippen molar-refractivity contribution >= 4 is 23.6 Å². The standard InChI is InChI=1S/C28H32F2N6O6/c1-34(26(37)39-3)25(35(2)27(38)40-4)28(42-24-12-9-19(29)15-32-24,17-33-20-10-11-23(30)31-16-20)18-36-13-14-41-22-8-6-5-7-21(22)36/h5-12,15-16,25,33H,13-14,17-18H2,1-4H3. The Labute approximate surface area is 241 Å². The number of amides is 2. The molecule has 1 N–H and O–H groups in total. The van der Waals surface area contributed by atoms with Gasteiger partial charge in [-0.25, -0.2) is 23.9 Å². The molecular formula is C28H32F2N6O6. The third-order valence-electron chi connectivity index (χ3n) is 6.74. The van der Waals surface area contributed by atoms with Crippen molar-refractivity contribution in [3.63, 3.8) is 0 Å². The minimum atomic E-state index is -1.57. The maximum atomic E-state index is 13.8. The lowest BCUT2D eigenvalue weighted by molar-refractivity contribution is -0.0629. The van der Waals surface area contributed by atoms with E-state index in [4.69, 9.17) is 18.9 Å². The molecule has 0 spiro atoms. The topological polar surface area (TPSA) is 119 Å². The molecule has 224 valence electrons. The molecule has 1 aromatic carbocycles. The second-order valence-electron chi connectivity index (χ2n) is 9.48. The van der Waals surface area contributed by atoms with Crippen LogP contribution in [0.15, 0.2) is 60.9 Å². The van der Waals surface area contributed by atoms with Crippen LogP contribution in [-0.4, -0.2) is 98.3 Å². The van der Waals surface area contributed by atoms with Gasteiger partial charge in [0.25, 0.3) is 0 Å². The molecule has 1 atom stereocenters. The van der Waals surface area contributed by atoms with Crippen molar-refractivity contribution in [1.29, 1.82) is 0 Å². The summed E-state index contributed by atoms with van der Waals surface area (Å²) in [4.78, 5) is 38.2. The van der Waals surface area contributed by atoms with E-state index in [1.54, 1.807) is 0 Å². The van der Waals surface area contributed by atoms with Gasteiger partial charge in [0, 0.05) is 20.2 Å². The first-order valence-corrected chi connectivity index (χ1v) is 12.9. The second kappa shape index (κ2) is 13.2. The first-order valence-electron chi connectivity index (χ1n) is 12.9. The minimum absolute atomic E-state index is 0.0125. The molecule has 4 rings (SSSR count). The molecule has 12 nitrogen and oxygen atoms in total. The van der Waals surface area contributed by atoms with E-state index in [0.29, 0.717) is 24.6 Å². The monoisotopic (exact) mass is 586 g/mol. The van der Waals surface area contributed by atoms with Crippen molar-refractivity contribution in [3.8, 4) is 11.6 Å². The molecule has 3 heterocycles. The number of carbonyl (C=O) groups is 2. The van der Waals surface area contributed by atoms with Gasteiger partial charge in [-0.05, 0) is 30.3 Å². The zero-order chi connectivity index (χ0) is 30.3. The SMILES string of the molecule is COC(=O)N(C)C(N(C)C(=O)OC)C(CNc1ccc(F)nc1)(CN1CCOc2ccccc21)Oc1ccc(F)cn1. The first-order chi connectivity index (χ1) is 20.2. The number of pyridine rings is 2. The van der Waals surface area contributed by atoms with Gasteiger partial charge < -0.3 is 29.2 Å². The number of benzene rings is 1. The van der Waals surface area contributed by atoms with E-state index in [9.17, 15) is 18.4 Å². The number of fused-ring (bicyclic) bond motifs is 1. The number of aromatic nitrogens is 2. The van der Waals surface area contributed by atoms with E-state index in [2.05, 4.69) is 15.3 Å². The molecule has 1 unspecified atom stereocenters. The highest BCUT2D eigenvalue weighted by Crippen LogP contribution is 2.35. The van der Waals surface area contributed by atoms with Gasteiger partial charge in [0.2, 0.25) is 11.8 Å². The van der Waals surface area contributed by atoms with Gasteiger partial charge in [-0.15, -0.1) is 0 Å². The van der Waals surface area contributed by atoms with Gasteiger partial charge >= 0.3 is 12.2 Å². The van der Waals surface area contributed by atoms with Crippen LogP contribution in [0.4, 0.5) is 29.7 Å². The Bertz CT molecular complexity index is 1340. The van der Waals surface area contributed by atoms with Crippen LogP contribution in [-0.2, 0) is 9.47 Å². The Hall–Kier alpha value is -4.88. The molecule has 1 aliphatic heterocycles. The summed E-state index contributed by atoms with van der Waals surface area (Å²) in [6.07, 6.45) is -0.475. The van der Waals surface area contributed by atoms with Crippen LogP contribution in [0.25, 0.3) is 0 Å². The van der Waals surface area contributed by atoms with Gasteiger partial charge in [-0.2, -0.15) is 4.39 Å². The number of nitrogens with zero attached hydrogens (tertiary/aromatic N) is 5. The number of methoxy groups -OCH3 is 2. The van der Waals surface area contributed by atoms with E-state index >= 15 is 0 Å². The fourth-order valence-corrected chi connectivity index (χ4v) is 4.88. The van der Waals surface area contributed by atoms with Crippen LogP contribution in [0.3, 0.4) is 0 Å². The molecule has 2 aromatic heterocycles. The lowest BCUT2D eigenvalue weighted by Crippen LogP contribution is -2.70. The Morgan fingerprint density at radius 3 is 2.36 bits per heavy atom. The number of para-hydroxylation sites is 2. The Kier molecular flexibility index (Phi) is 9.45. The molecule has 1 aliphatic rings. The Morgan fingerprint density at radius 2 is 1.74 bits per heavy atom. The lowest BCUT2D eigenvalue weighted by Gasteiger charge is -2.49. The number of anilines is 2. The molecule has 0 radical (unpaired) electrons.